The molecule has 0 unspecified atom stereocenters. The first-order chi connectivity index (χ1) is 11.2. The quantitative estimate of drug-likeness (QED) is 0.697. The fourth-order valence-corrected chi connectivity index (χ4v) is 4.18. The van der Waals surface area contributed by atoms with Crippen molar-refractivity contribution in [3.8, 4) is 0 Å². The molecule has 1 amide bonds. The molecular weight excluding hydrogens is 365 g/mol. The van der Waals surface area contributed by atoms with Crippen LogP contribution < -0.4 is 4.90 Å². The Morgan fingerprint density at radius 1 is 1.00 bits per heavy atom. The average Bonchev–Trinajstić information content (AvgIpc) is 2.98. The van der Waals surface area contributed by atoms with Crippen LogP contribution in [0.5, 0.6) is 0 Å². The third-order valence-electron chi connectivity index (χ3n) is 4.54. The van der Waals surface area contributed by atoms with Gasteiger partial charge in [0.1, 0.15) is 0 Å². The molecular formula is C17H25Cl2N3OS. The van der Waals surface area contributed by atoms with Gasteiger partial charge in [-0.05, 0) is 43.7 Å². The Morgan fingerprint density at radius 2 is 1.67 bits per heavy atom. The third kappa shape index (κ3) is 5.45. The lowest BCUT2D eigenvalue weighted by atomic mass is 10.2. The minimum Gasteiger partial charge on any atom is -0.369 e. The Kier molecular flexibility index (Phi) is 8.01. The van der Waals surface area contributed by atoms with E-state index in [2.05, 4.69) is 21.9 Å². The summed E-state index contributed by atoms with van der Waals surface area (Å²) in [5.41, 5.74) is 1.26. The van der Waals surface area contributed by atoms with Crippen LogP contribution in [-0.2, 0) is 4.79 Å². The van der Waals surface area contributed by atoms with Crippen LogP contribution in [0.15, 0.2) is 24.3 Å². The van der Waals surface area contributed by atoms with Crippen molar-refractivity contribution in [3.63, 3.8) is 0 Å². The van der Waals surface area contributed by atoms with Crippen molar-refractivity contribution in [1.82, 2.24) is 9.80 Å². The second-order valence-electron chi connectivity index (χ2n) is 6.15. The molecule has 0 spiro atoms. The maximum atomic E-state index is 11.5. The topological polar surface area (TPSA) is 26.8 Å². The van der Waals surface area contributed by atoms with E-state index in [4.69, 9.17) is 11.6 Å². The Balaban J connectivity index is 0.00000208. The van der Waals surface area contributed by atoms with Crippen molar-refractivity contribution in [2.45, 2.75) is 12.8 Å². The Bertz CT molecular complexity index is 521. The summed E-state index contributed by atoms with van der Waals surface area (Å²) in [4.78, 5) is 18.5. The van der Waals surface area contributed by atoms with Crippen LogP contribution >= 0.6 is 35.8 Å². The number of amides is 1. The maximum absolute atomic E-state index is 11.5. The van der Waals surface area contributed by atoms with Crippen LogP contribution in [-0.4, -0.2) is 66.6 Å². The van der Waals surface area contributed by atoms with Gasteiger partial charge < -0.3 is 9.80 Å². The summed E-state index contributed by atoms with van der Waals surface area (Å²) in [5.74, 6) is 1.87. The lowest BCUT2D eigenvalue weighted by Crippen LogP contribution is -2.46. The summed E-state index contributed by atoms with van der Waals surface area (Å²) in [6.07, 6.45) is 2.29. The van der Waals surface area contributed by atoms with Gasteiger partial charge in [-0.15, -0.1) is 24.2 Å². The summed E-state index contributed by atoms with van der Waals surface area (Å²) in [6, 6.07) is 8.12. The fourth-order valence-electron chi connectivity index (χ4n) is 3.12. The number of carbonyl (C=O) groups excluding carboxylic acids is 1. The molecule has 4 nitrogen and oxygen atoms in total. The number of hydrogen-bond acceptors (Lipinski definition) is 4. The molecule has 0 saturated carbocycles. The highest BCUT2D eigenvalue weighted by atomic mass is 35.5. The molecule has 2 fully saturated rings. The highest BCUT2D eigenvalue weighted by molar-refractivity contribution is 8.00. The molecule has 134 valence electrons. The Labute approximate surface area is 159 Å². The van der Waals surface area contributed by atoms with Gasteiger partial charge in [0.05, 0.1) is 11.6 Å². The molecule has 2 aliphatic heterocycles. The molecule has 1 aromatic rings. The van der Waals surface area contributed by atoms with Crippen molar-refractivity contribution in [2.75, 3.05) is 55.8 Å². The van der Waals surface area contributed by atoms with E-state index in [9.17, 15) is 4.79 Å². The molecule has 24 heavy (non-hydrogen) atoms. The molecule has 0 aliphatic carbocycles. The zero-order valence-electron chi connectivity index (χ0n) is 13.8. The van der Waals surface area contributed by atoms with Crippen LogP contribution in [0.4, 0.5) is 5.69 Å². The number of benzene rings is 1. The minimum atomic E-state index is 0. The smallest absolute Gasteiger partial charge is 0.233 e. The van der Waals surface area contributed by atoms with Gasteiger partial charge in [-0.3, -0.25) is 9.69 Å². The summed E-state index contributed by atoms with van der Waals surface area (Å²) in [7, 11) is 0. The second kappa shape index (κ2) is 9.76. The summed E-state index contributed by atoms with van der Waals surface area (Å²) in [6.45, 7) is 6.44. The van der Waals surface area contributed by atoms with Gasteiger partial charge in [0.2, 0.25) is 5.91 Å². The molecule has 2 aliphatic rings. The van der Waals surface area contributed by atoms with E-state index < -0.39 is 0 Å². The van der Waals surface area contributed by atoms with E-state index in [-0.39, 0.29) is 12.4 Å². The number of nitrogens with zero attached hydrogens (tertiary/aromatic N) is 3. The molecule has 0 aromatic heterocycles. The number of carbonyl (C=O) groups is 1. The van der Waals surface area contributed by atoms with Gasteiger partial charge in [-0.25, -0.2) is 0 Å². The SMILES string of the molecule is Cl.O=C1CSCN1CCCCN1CCN(c2ccc(Cl)cc2)CC1. The van der Waals surface area contributed by atoms with Crippen molar-refractivity contribution in [2.24, 2.45) is 0 Å². The number of rotatable bonds is 6. The van der Waals surface area contributed by atoms with Gasteiger partial charge >= 0.3 is 0 Å². The predicted molar refractivity (Wildman–Crippen MR) is 106 cm³/mol. The van der Waals surface area contributed by atoms with Crippen LogP contribution in [0.1, 0.15) is 12.8 Å². The Hall–Kier alpha value is -0.620. The predicted octanol–water partition coefficient (Wildman–Crippen LogP) is 3.20. The number of piperazine rings is 1. The first-order valence-corrected chi connectivity index (χ1v) is 9.84. The first-order valence-electron chi connectivity index (χ1n) is 8.31. The van der Waals surface area contributed by atoms with Crippen molar-refractivity contribution >= 4 is 47.4 Å². The van der Waals surface area contributed by atoms with Gasteiger partial charge in [0, 0.05) is 43.4 Å². The van der Waals surface area contributed by atoms with Gasteiger partial charge in [-0.2, -0.15) is 0 Å². The van der Waals surface area contributed by atoms with E-state index in [0.29, 0.717) is 11.7 Å². The fraction of sp³-hybridized carbons (Fsp3) is 0.588. The van der Waals surface area contributed by atoms with Crippen molar-refractivity contribution in [3.05, 3.63) is 29.3 Å². The van der Waals surface area contributed by atoms with E-state index >= 15 is 0 Å². The van der Waals surface area contributed by atoms with E-state index in [0.717, 1.165) is 56.6 Å². The first kappa shape index (κ1) is 19.7. The highest BCUT2D eigenvalue weighted by Crippen LogP contribution is 2.20. The maximum Gasteiger partial charge on any atom is 0.233 e. The van der Waals surface area contributed by atoms with Crippen molar-refractivity contribution < 1.29 is 4.79 Å². The van der Waals surface area contributed by atoms with E-state index in [1.54, 1.807) is 11.8 Å². The molecule has 0 N–H and O–H groups in total. The van der Waals surface area contributed by atoms with Crippen LogP contribution in [0.2, 0.25) is 5.02 Å². The number of hydrogen-bond donors (Lipinski definition) is 0. The molecule has 2 saturated heterocycles. The number of unbranched alkanes of at least 4 members (excludes halogenated alkanes) is 1. The highest BCUT2D eigenvalue weighted by Gasteiger charge is 2.20. The molecule has 0 bridgehead atoms. The number of halogens is 2. The monoisotopic (exact) mass is 389 g/mol. The summed E-state index contributed by atoms with van der Waals surface area (Å²) >= 11 is 7.68. The summed E-state index contributed by atoms with van der Waals surface area (Å²) in [5, 5.41) is 0.794. The third-order valence-corrected chi connectivity index (χ3v) is 5.74. The normalized spacial score (nSPS) is 18.8. The number of thioether (sulfide) groups is 1. The lowest BCUT2D eigenvalue weighted by molar-refractivity contribution is -0.126. The van der Waals surface area contributed by atoms with E-state index in [1.807, 2.05) is 17.0 Å². The molecule has 0 radical (unpaired) electrons. The number of anilines is 1. The van der Waals surface area contributed by atoms with Crippen molar-refractivity contribution in [1.29, 1.82) is 0 Å². The van der Waals surface area contributed by atoms with E-state index in [1.165, 1.54) is 12.1 Å². The van der Waals surface area contributed by atoms with Crippen LogP contribution in [0.25, 0.3) is 0 Å². The lowest BCUT2D eigenvalue weighted by Gasteiger charge is -2.36. The van der Waals surface area contributed by atoms with Gasteiger partial charge in [0.25, 0.3) is 0 Å². The van der Waals surface area contributed by atoms with Crippen LogP contribution in [0, 0.1) is 0 Å². The molecule has 0 atom stereocenters. The second-order valence-corrected chi connectivity index (χ2v) is 7.54. The van der Waals surface area contributed by atoms with Crippen LogP contribution in [0.3, 0.4) is 0 Å². The molecule has 2 heterocycles. The van der Waals surface area contributed by atoms with Gasteiger partial charge in [0.15, 0.2) is 0 Å². The minimum absolute atomic E-state index is 0. The molecule has 1 aromatic carbocycles. The average molecular weight is 390 g/mol. The molecule has 3 rings (SSSR count). The standard InChI is InChI=1S/C17H24ClN3OS.ClH/c18-15-3-5-16(6-4-15)20-11-9-19(10-12-20)7-1-2-8-21-14-23-13-17(21)22;/h3-6H,1-2,7-14H2;1H. The van der Waals surface area contributed by atoms with Gasteiger partial charge in [-0.1, -0.05) is 11.6 Å². The zero-order valence-corrected chi connectivity index (χ0v) is 16.2. The zero-order chi connectivity index (χ0) is 16.1. The molecule has 7 heteroatoms. The Morgan fingerprint density at radius 3 is 2.29 bits per heavy atom. The largest absolute Gasteiger partial charge is 0.369 e. The summed E-state index contributed by atoms with van der Waals surface area (Å²) < 4.78 is 0.